The highest BCUT2D eigenvalue weighted by Gasteiger charge is 2.20. The molecule has 0 saturated carbocycles. The molecule has 0 spiro atoms. The zero-order chi connectivity index (χ0) is 34.2. The average molecular weight is 663 g/mol. The Hall–Kier alpha value is -7.04. The molecule has 4 heteroatoms. The van der Waals surface area contributed by atoms with Gasteiger partial charge in [0.1, 0.15) is 0 Å². The van der Waals surface area contributed by atoms with Crippen molar-refractivity contribution in [1.82, 2.24) is 19.1 Å². The number of nitrogens with zero attached hydrogens (tertiary/aromatic N) is 4. The van der Waals surface area contributed by atoms with E-state index in [0.717, 1.165) is 39.1 Å². The normalized spacial score (nSPS) is 11.8. The quantitative estimate of drug-likeness (QED) is 0.188. The van der Waals surface area contributed by atoms with E-state index in [4.69, 9.17) is 9.97 Å². The van der Waals surface area contributed by atoms with Crippen LogP contribution in [0, 0.1) is 0 Å². The second-order valence-corrected chi connectivity index (χ2v) is 13.4. The van der Waals surface area contributed by atoms with Crippen molar-refractivity contribution in [2.75, 3.05) is 0 Å². The van der Waals surface area contributed by atoms with E-state index in [2.05, 4.69) is 179 Å². The van der Waals surface area contributed by atoms with Crippen LogP contribution in [-0.4, -0.2) is 19.1 Å². The Kier molecular flexibility index (Phi) is 6.22. The summed E-state index contributed by atoms with van der Waals surface area (Å²) < 4.78 is 4.84. The van der Waals surface area contributed by atoms with Crippen LogP contribution < -0.4 is 0 Å². The molecule has 242 valence electrons. The fourth-order valence-corrected chi connectivity index (χ4v) is 8.14. The minimum Gasteiger partial charge on any atom is -0.309 e. The van der Waals surface area contributed by atoms with Crippen LogP contribution >= 0.6 is 0 Å². The maximum absolute atomic E-state index is 5.15. The molecule has 0 radical (unpaired) electrons. The predicted molar refractivity (Wildman–Crippen MR) is 217 cm³/mol. The van der Waals surface area contributed by atoms with Gasteiger partial charge in [0.05, 0.1) is 33.3 Å². The maximum atomic E-state index is 5.15. The van der Waals surface area contributed by atoms with E-state index in [1.54, 1.807) is 0 Å². The molecule has 4 nitrogen and oxygen atoms in total. The number of benzene rings is 8. The first-order chi connectivity index (χ1) is 25.8. The lowest BCUT2D eigenvalue weighted by Gasteiger charge is -2.12. The second kappa shape index (κ2) is 11.2. The van der Waals surface area contributed by atoms with Crippen molar-refractivity contribution in [1.29, 1.82) is 0 Å². The third kappa shape index (κ3) is 4.28. The molecule has 0 aliphatic rings. The summed E-state index contributed by atoms with van der Waals surface area (Å²) in [7, 11) is 0. The predicted octanol–water partition coefficient (Wildman–Crippen LogP) is 12.3. The van der Waals surface area contributed by atoms with E-state index in [1.165, 1.54) is 54.4 Å². The Morgan fingerprint density at radius 3 is 1.81 bits per heavy atom. The van der Waals surface area contributed by atoms with Crippen LogP contribution in [0.4, 0.5) is 0 Å². The van der Waals surface area contributed by atoms with Crippen LogP contribution in [-0.2, 0) is 0 Å². The van der Waals surface area contributed by atoms with Gasteiger partial charge in [-0.25, -0.2) is 9.97 Å². The van der Waals surface area contributed by atoms with Crippen LogP contribution in [0.2, 0.25) is 0 Å². The first-order valence-corrected chi connectivity index (χ1v) is 17.7. The number of para-hydroxylation sites is 3. The highest BCUT2D eigenvalue weighted by Crippen LogP contribution is 2.42. The monoisotopic (exact) mass is 662 g/mol. The van der Waals surface area contributed by atoms with E-state index in [1.807, 2.05) is 12.1 Å². The Labute approximate surface area is 299 Å². The van der Waals surface area contributed by atoms with Crippen molar-refractivity contribution < 1.29 is 0 Å². The smallest absolute Gasteiger partial charge is 0.160 e. The molecule has 0 unspecified atom stereocenters. The molecule has 52 heavy (non-hydrogen) atoms. The van der Waals surface area contributed by atoms with Gasteiger partial charge in [-0.2, -0.15) is 0 Å². The van der Waals surface area contributed by atoms with Crippen LogP contribution in [0.3, 0.4) is 0 Å². The molecule has 0 aliphatic carbocycles. The molecule has 0 N–H and O–H groups in total. The van der Waals surface area contributed by atoms with Crippen molar-refractivity contribution in [3.63, 3.8) is 0 Å². The van der Waals surface area contributed by atoms with Gasteiger partial charge in [0.25, 0.3) is 0 Å². The van der Waals surface area contributed by atoms with Gasteiger partial charge in [-0.15, -0.1) is 0 Å². The Balaban J connectivity index is 1.17. The zero-order valence-electron chi connectivity index (χ0n) is 28.1. The van der Waals surface area contributed by atoms with Gasteiger partial charge in [0, 0.05) is 54.8 Å². The minimum absolute atomic E-state index is 0.714. The topological polar surface area (TPSA) is 35.6 Å². The summed E-state index contributed by atoms with van der Waals surface area (Å²) in [6.07, 6.45) is 0. The fraction of sp³-hybridized carbons (Fsp3) is 0. The van der Waals surface area contributed by atoms with Gasteiger partial charge in [0.15, 0.2) is 5.82 Å². The minimum atomic E-state index is 0.714. The lowest BCUT2D eigenvalue weighted by molar-refractivity contribution is 1.16. The van der Waals surface area contributed by atoms with Crippen molar-refractivity contribution in [2.24, 2.45) is 0 Å². The van der Waals surface area contributed by atoms with E-state index in [9.17, 15) is 0 Å². The van der Waals surface area contributed by atoms with Gasteiger partial charge >= 0.3 is 0 Å². The van der Waals surface area contributed by atoms with Crippen molar-refractivity contribution in [2.45, 2.75) is 0 Å². The molecule has 0 aliphatic heterocycles. The Morgan fingerprint density at radius 1 is 0.346 bits per heavy atom. The van der Waals surface area contributed by atoms with E-state index < -0.39 is 0 Å². The van der Waals surface area contributed by atoms with Gasteiger partial charge < -0.3 is 9.13 Å². The van der Waals surface area contributed by atoms with E-state index in [-0.39, 0.29) is 0 Å². The molecule has 0 fully saturated rings. The molecule has 0 amide bonds. The van der Waals surface area contributed by atoms with Crippen molar-refractivity contribution in [3.05, 3.63) is 182 Å². The molecular formula is C48H30N4. The Bertz CT molecular complexity index is 3160. The summed E-state index contributed by atoms with van der Waals surface area (Å²) >= 11 is 0. The number of hydrogen-bond donors (Lipinski definition) is 0. The third-order valence-electron chi connectivity index (χ3n) is 10.5. The summed E-state index contributed by atoms with van der Waals surface area (Å²) in [6, 6.07) is 64.9. The summed E-state index contributed by atoms with van der Waals surface area (Å²) in [5, 5.41) is 8.46. The summed E-state index contributed by atoms with van der Waals surface area (Å²) in [4.78, 5) is 10.2. The third-order valence-corrected chi connectivity index (χ3v) is 10.5. The van der Waals surface area contributed by atoms with Crippen LogP contribution in [0.25, 0.3) is 99.3 Å². The van der Waals surface area contributed by atoms with Gasteiger partial charge in [-0.3, -0.25) is 0 Å². The fourth-order valence-electron chi connectivity index (χ4n) is 8.14. The van der Waals surface area contributed by atoms with Crippen LogP contribution in [0.1, 0.15) is 0 Å². The highest BCUT2D eigenvalue weighted by atomic mass is 15.0. The molecular weight excluding hydrogens is 633 g/mol. The Morgan fingerprint density at radius 2 is 0.981 bits per heavy atom. The SMILES string of the molecule is c1ccc(-c2nc(-c3ccc(-n4c5cc6c(cc5c5ccc7ccccc7c54)c4ccccc4n6-c4ccccc4)cc3)nc3ccccc23)cc1. The average Bonchev–Trinajstić information content (AvgIpc) is 3.72. The summed E-state index contributed by atoms with van der Waals surface area (Å²) in [5.41, 5.74) is 10.9. The maximum Gasteiger partial charge on any atom is 0.160 e. The molecule has 3 heterocycles. The number of fused-ring (bicyclic) bond motifs is 9. The first-order valence-electron chi connectivity index (χ1n) is 17.7. The van der Waals surface area contributed by atoms with Crippen LogP contribution in [0.5, 0.6) is 0 Å². The van der Waals surface area contributed by atoms with Gasteiger partial charge in [-0.05, 0) is 66.0 Å². The van der Waals surface area contributed by atoms with Gasteiger partial charge in [0.2, 0.25) is 0 Å². The molecule has 11 aromatic rings. The van der Waals surface area contributed by atoms with Crippen molar-refractivity contribution in [3.8, 4) is 34.0 Å². The first kappa shape index (κ1) is 28.8. The number of rotatable bonds is 4. The van der Waals surface area contributed by atoms with Crippen LogP contribution in [0.15, 0.2) is 182 Å². The summed E-state index contributed by atoms with van der Waals surface area (Å²) in [5.74, 6) is 0.714. The molecule has 0 bridgehead atoms. The lowest BCUT2D eigenvalue weighted by atomic mass is 10.0. The molecule has 3 aromatic heterocycles. The zero-order valence-corrected chi connectivity index (χ0v) is 28.1. The summed E-state index contributed by atoms with van der Waals surface area (Å²) in [6.45, 7) is 0. The van der Waals surface area contributed by atoms with Gasteiger partial charge in [-0.1, -0.05) is 121 Å². The van der Waals surface area contributed by atoms with E-state index in [0.29, 0.717) is 5.82 Å². The van der Waals surface area contributed by atoms with E-state index >= 15 is 0 Å². The molecule has 8 aromatic carbocycles. The molecule has 0 saturated heterocycles. The number of aromatic nitrogens is 4. The van der Waals surface area contributed by atoms with Crippen molar-refractivity contribution >= 4 is 65.3 Å². The highest BCUT2D eigenvalue weighted by molar-refractivity contribution is 6.23. The largest absolute Gasteiger partial charge is 0.309 e. The standard InChI is InChI=1S/C48H30N4/c1-3-14-32(15-4-1)46-39-20-9-11-21-42(39)49-48(50-46)33-23-26-35(27-24-33)52-45-30-44-40(29-41(45)38-28-25-31-13-7-8-18-36(31)47(38)52)37-19-10-12-22-43(37)51(44)34-16-5-2-6-17-34/h1-30H. The molecule has 0 atom stereocenters. The number of hydrogen-bond acceptors (Lipinski definition) is 2. The lowest BCUT2D eigenvalue weighted by Crippen LogP contribution is -1.97. The molecule has 11 rings (SSSR count). The second-order valence-electron chi connectivity index (χ2n) is 13.4.